The molecule has 39 heavy (non-hydrogen) atoms. The minimum Gasteiger partial charge on any atom is -0.377 e. The highest BCUT2D eigenvalue weighted by molar-refractivity contribution is 6.18. The van der Waals surface area contributed by atoms with Crippen LogP contribution in [0.3, 0.4) is 0 Å². The average molecular weight is 687 g/mol. The summed E-state index contributed by atoms with van der Waals surface area (Å²) in [7, 11) is 0. The summed E-state index contributed by atoms with van der Waals surface area (Å²) < 4.78 is 35.6. The summed E-state index contributed by atoms with van der Waals surface area (Å²) in [5.41, 5.74) is -4.13. The van der Waals surface area contributed by atoms with Gasteiger partial charge in [-0.05, 0) is 0 Å². The van der Waals surface area contributed by atoms with Gasteiger partial charge in [-0.2, -0.15) is 15.0 Å². The van der Waals surface area contributed by atoms with Crippen LogP contribution in [0.2, 0.25) is 0 Å². The molecule has 0 bridgehead atoms. The molecule has 0 saturated carbocycles. The van der Waals surface area contributed by atoms with E-state index in [4.69, 9.17) is 116 Å². The number of hydrogen-bond donors (Lipinski definition) is 3. The maximum Gasteiger partial charge on any atom is 0.150 e. The van der Waals surface area contributed by atoms with E-state index in [1.807, 2.05) is 0 Å². The van der Waals surface area contributed by atoms with Crippen molar-refractivity contribution < 1.29 is 28.4 Å². The number of hydrogen-bond acceptors (Lipinski definition) is 12. The molecular weight excluding hydrogens is 645 g/mol. The van der Waals surface area contributed by atoms with Crippen molar-refractivity contribution >= 4 is 69.6 Å². The summed E-state index contributed by atoms with van der Waals surface area (Å²) in [5, 5.41) is 4.27. The fourth-order valence-electron chi connectivity index (χ4n) is 4.21. The standard InChI is InChI=1S/C21H42Cl6N6O6/c22-1-7-34-13-19(14-35-8-2-23)31(28)20(15-36-9-3-24,16-37-10-4-25)33(30)21(32(19)29,17-38-11-5-26)18-39-12-6-27/h1-18,28-30H2. The summed E-state index contributed by atoms with van der Waals surface area (Å²) in [4.78, 5) is 0. The Morgan fingerprint density at radius 2 is 0.513 bits per heavy atom. The highest BCUT2D eigenvalue weighted by atomic mass is 35.5. The Balaban J connectivity index is 3.83. The SMILES string of the molecule is NN1C(COCCCl)(COCCCl)N(N)C(COCCCl)(COCCCl)N(N)C1(COCCCl)COCCCl. The van der Waals surface area contributed by atoms with Crippen LogP contribution in [0.5, 0.6) is 0 Å². The Morgan fingerprint density at radius 3 is 0.641 bits per heavy atom. The Labute approximate surface area is 261 Å². The molecule has 0 aliphatic carbocycles. The van der Waals surface area contributed by atoms with Crippen LogP contribution < -0.4 is 17.5 Å². The van der Waals surface area contributed by atoms with E-state index in [0.29, 0.717) is 0 Å². The molecule has 0 aromatic rings. The van der Waals surface area contributed by atoms with Crippen LogP contribution in [0.1, 0.15) is 0 Å². The molecule has 1 heterocycles. The largest absolute Gasteiger partial charge is 0.377 e. The van der Waals surface area contributed by atoms with Gasteiger partial charge in [0.1, 0.15) is 0 Å². The number of nitrogens with two attached hydrogens (primary N) is 3. The lowest BCUT2D eigenvalue weighted by Gasteiger charge is -2.68. The summed E-state index contributed by atoms with van der Waals surface area (Å²) in [5.74, 6) is 22.3. The summed E-state index contributed by atoms with van der Waals surface area (Å²) >= 11 is 35.5. The van der Waals surface area contributed by atoms with Crippen LogP contribution in [-0.4, -0.2) is 147 Å². The number of ether oxygens (including phenoxy) is 6. The van der Waals surface area contributed by atoms with Gasteiger partial charge in [0.25, 0.3) is 0 Å². The lowest BCUT2D eigenvalue weighted by molar-refractivity contribution is -0.365. The Bertz CT molecular complexity index is 511. The van der Waals surface area contributed by atoms with Crippen LogP contribution in [0, 0.1) is 0 Å². The fraction of sp³-hybridized carbons (Fsp3) is 1.00. The normalized spacial score (nSPS) is 19.6. The van der Waals surface area contributed by atoms with E-state index in [0.717, 1.165) is 0 Å². The second kappa shape index (κ2) is 21.0. The van der Waals surface area contributed by atoms with Gasteiger partial charge in [-0.15, -0.1) is 69.6 Å². The number of nitrogens with zero attached hydrogens (tertiary/aromatic N) is 3. The van der Waals surface area contributed by atoms with Crippen molar-refractivity contribution in [1.82, 2.24) is 15.0 Å². The van der Waals surface area contributed by atoms with E-state index >= 15 is 0 Å². The molecule has 0 aromatic heterocycles. The van der Waals surface area contributed by atoms with Crippen LogP contribution in [-0.2, 0) is 28.4 Å². The molecule has 6 N–H and O–H groups in total. The van der Waals surface area contributed by atoms with Gasteiger partial charge in [-0.1, -0.05) is 0 Å². The van der Waals surface area contributed by atoms with Crippen molar-refractivity contribution in [3.8, 4) is 0 Å². The van der Waals surface area contributed by atoms with E-state index < -0.39 is 17.0 Å². The second-order valence-electron chi connectivity index (χ2n) is 8.51. The zero-order valence-corrected chi connectivity index (χ0v) is 26.6. The first-order chi connectivity index (χ1) is 18.8. The molecule has 234 valence electrons. The zero-order valence-electron chi connectivity index (χ0n) is 22.0. The molecule has 12 nitrogen and oxygen atoms in total. The van der Waals surface area contributed by atoms with Crippen molar-refractivity contribution in [2.24, 2.45) is 17.5 Å². The van der Waals surface area contributed by atoms with Crippen molar-refractivity contribution in [3.05, 3.63) is 0 Å². The van der Waals surface area contributed by atoms with E-state index in [9.17, 15) is 0 Å². The molecule has 0 spiro atoms. The Hall–Kier alpha value is 1.26. The first-order valence-electron chi connectivity index (χ1n) is 12.3. The molecule has 18 heteroatoms. The lowest BCUT2D eigenvalue weighted by Crippen LogP contribution is -2.95. The van der Waals surface area contributed by atoms with Crippen molar-refractivity contribution in [2.45, 2.75) is 17.0 Å². The summed E-state index contributed by atoms with van der Waals surface area (Å²) in [6, 6.07) is 0. The van der Waals surface area contributed by atoms with E-state index in [2.05, 4.69) is 0 Å². The zero-order chi connectivity index (χ0) is 29.2. The van der Waals surface area contributed by atoms with E-state index in [1.165, 1.54) is 15.0 Å². The molecule has 0 atom stereocenters. The summed E-state index contributed by atoms with van der Waals surface area (Å²) in [6.45, 7) is 0.954. The van der Waals surface area contributed by atoms with E-state index in [-0.39, 0.29) is 115 Å². The number of hydrazine groups is 3. The molecule has 0 aromatic carbocycles. The van der Waals surface area contributed by atoms with Gasteiger partial charge < -0.3 is 28.4 Å². The third kappa shape index (κ3) is 10.2. The van der Waals surface area contributed by atoms with Crippen LogP contribution in [0.25, 0.3) is 0 Å². The molecule has 0 radical (unpaired) electrons. The van der Waals surface area contributed by atoms with Crippen molar-refractivity contribution in [3.63, 3.8) is 0 Å². The highest BCUT2D eigenvalue weighted by Crippen LogP contribution is 2.41. The third-order valence-corrected chi connectivity index (χ3v) is 6.94. The smallest absolute Gasteiger partial charge is 0.150 e. The predicted molar refractivity (Wildman–Crippen MR) is 156 cm³/mol. The van der Waals surface area contributed by atoms with Crippen LogP contribution in [0.4, 0.5) is 0 Å². The minimum atomic E-state index is -1.38. The van der Waals surface area contributed by atoms with Gasteiger partial charge in [0.05, 0.1) is 79.3 Å². The second-order valence-corrected chi connectivity index (χ2v) is 10.8. The van der Waals surface area contributed by atoms with Gasteiger partial charge in [0.15, 0.2) is 17.0 Å². The lowest BCUT2D eigenvalue weighted by atomic mass is 9.92. The van der Waals surface area contributed by atoms with Gasteiger partial charge in [-0.3, -0.25) is 17.5 Å². The van der Waals surface area contributed by atoms with E-state index in [1.54, 1.807) is 0 Å². The molecule has 1 fully saturated rings. The number of alkyl halides is 6. The molecule has 0 unspecified atom stereocenters. The van der Waals surface area contributed by atoms with Gasteiger partial charge >= 0.3 is 0 Å². The quantitative estimate of drug-likeness (QED) is 0.0762. The van der Waals surface area contributed by atoms with Gasteiger partial charge in [-0.25, -0.2) is 0 Å². The molecule has 1 saturated heterocycles. The maximum absolute atomic E-state index is 6.95. The first-order valence-corrected chi connectivity index (χ1v) is 15.5. The highest BCUT2D eigenvalue weighted by Gasteiger charge is 2.67. The van der Waals surface area contributed by atoms with Crippen LogP contribution >= 0.6 is 69.6 Å². The number of halogens is 6. The first kappa shape index (κ1) is 38.3. The number of rotatable bonds is 24. The molecular formula is C21H42Cl6N6O6. The molecule has 1 aliphatic rings. The molecule has 0 amide bonds. The monoisotopic (exact) mass is 684 g/mol. The van der Waals surface area contributed by atoms with Crippen molar-refractivity contribution in [2.75, 3.05) is 115 Å². The van der Waals surface area contributed by atoms with Gasteiger partial charge in [0.2, 0.25) is 0 Å². The topological polar surface area (TPSA) is 143 Å². The van der Waals surface area contributed by atoms with Crippen molar-refractivity contribution in [1.29, 1.82) is 0 Å². The fourth-order valence-corrected chi connectivity index (χ4v) is 4.87. The molecule has 1 rings (SSSR count). The average Bonchev–Trinajstić information content (AvgIpc) is 2.93. The summed E-state index contributed by atoms with van der Waals surface area (Å²) in [6.07, 6.45) is 0. The van der Waals surface area contributed by atoms with Crippen LogP contribution in [0.15, 0.2) is 0 Å². The predicted octanol–water partition coefficient (Wildman–Crippen LogP) is 1.15. The minimum absolute atomic E-state index is 0.0532. The maximum atomic E-state index is 6.95. The third-order valence-electron chi connectivity index (χ3n) is 6.02. The Morgan fingerprint density at radius 1 is 0.359 bits per heavy atom. The molecule has 1 aliphatic heterocycles. The Kier molecular flexibility index (Phi) is 20.7. The van der Waals surface area contributed by atoms with Gasteiger partial charge in [0, 0.05) is 35.3 Å².